The van der Waals surface area contributed by atoms with Gasteiger partial charge in [-0.15, -0.1) is 11.8 Å². The molecule has 224 valence electrons. The first-order valence-corrected chi connectivity index (χ1v) is 14.0. The minimum Gasteiger partial charge on any atom is -0.492 e. The number of methoxy groups -OCH3 is 2. The fourth-order valence-corrected chi connectivity index (χ4v) is 4.93. The monoisotopic (exact) mass is 589 g/mol. The number of hydrogen-bond acceptors (Lipinski definition) is 10. The minimum absolute atomic E-state index is 0.107. The first-order chi connectivity index (χ1) is 19.3. The lowest BCUT2D eigenvalue weighted by Gasteiger charge is -2.20. The average Bonchev–Trinajstić information content (AvgIpc) is 3.10. The highest BCUT2D eigenvalue weighted by molar-refractivity contribution is 7.98. The number of carboxylic acids is 1. The van der Waals surface area contributed by atoms with E-state index in [-0.39, 0.29) is 42.0 Å². The molecule has 11 nitrogen and oxygen atoms in total. The number of ether oxygens (including phenoxy) is 3. The van der Waals surface area contributed by atoms with Crippen molar-refractivity contribution in [2.24, 2.45) is 0 Å². The van der Waals surface area contributed by atoms with Crippen LogP contribution in [0.5, 0.6) is 17.2 Å². The highest BCUT2D eigenvalue weighted by Gasteiger charge is 2.30. The third-order valence-corrected chi connectivity index (χ3v) is 6.78. The van der Waals surface area contributed by atoms with E-state index >= 15 is 0 Å². The third-order valence-electron chi connectivity index (χ3n) is 6.00. The molecule has 0 saturated heterocycles. The summed E-state index contributed by atoms with van der Waals surface area (Å²) < 4.78 is 17.1. The quantitative estimate of drug-likeness (QED) is 0.254. The fourth-order valence-electron chi connectivity index (χ4n) is 4.47. The Morgan fingerprint density at radius 1 is 1.02 bits per heavy atom. The summed E-state index contributed by atoms with van der Waals surface area (Å²) in [6, 6.07) is 6.66. The Kier molecular flexibility index (Phi) is 12.6. The van der Waals surface area contributed by atoms with Crippen LogP contribution in [0.4, 0.5) is 0 Å². The van der Waals surface area contributed by atoms with Gasteiger partial charge in [-0.25, -0.2) is 0 Å². The summed E-state index contributed by atoms with van der Waals surface area (Å²) in [7, 11) is 10.00. The van der Waals surface area contributed by atoms with Crippen molar-refractivity contribution in [1.29, 1.82) is 0 Å². The van der Waals surface area contributed by atoms with Crippen LogP contribution in [-0.2, 0) is 20.8 Å². The topological polar surface area (TPSA) is 135 Å². The Bertz CT molecular complexity index is 1330. The number of nitrogens with one attached hydrogen (secondary N) is 1. The number of likely N-dealkylation sites (N-methyl/N-ethyl adjacent to an activating group) is 2. The van der Waals surface area contributed by atoms with Crippen LogP contribution in [0.15, 0.2) is 34.0 Å². The second kappa shape index (κ2) is 15.4. The van der Waals surface area contributed by atoms with Gasteiger partial charge in [0.2, 0.25) is 11.7 Å². The Hall–Kier alpha value is -3.61. The highest BCUT2D eigenvalue weighted by atomic mass is 32.2. The summed E-state index contributed by atoms with van der Waals surface area (Å²) in [6.07, 6.45) is 2.96. The number of esters is 1. The molecule has 2 N–H and O–H groups in total. The maximum Gasteiger partial charge on any atom is 0.325 e. The second-order valence-electron chi connectivity index (χ2n) is 9.89. The molecule has 0 bridgehead atoms. The van der Waals surface area contributed by atoms with Crippen LogP contribution in [0.1, 0.15) is 30.5 Å². The van der Waals surface area contributed by atoms with Crippen molar-refractivity contribution in [2.45, 2.75) is 30.7 Å². The van der Waals surface area contributed by atoms with Crippen LogP contribution < -0.4 is 25.0 Å². The van der Waals surface area contributed by atoms with E-state index in [0.717, 1.165) is 16.7 Å². The number of carboxylic acid groups (broad SMARTS) is 1. The summed E-state index contributed by atoms with van der Waals surface area (Å²) >= 11 is 1.36. The van der Waals surface area contributed by atoms with Gasteiger partial charge < -0.3 is 24.6 Å². The number of hydrogen-bond donors (Lipinski definition) is 2. The van der Waals surface area contributed by atoms with Gasteiger partial charge in [0.1, 0.15) is 0 Å². The lowest BCUT2D eigenvalue weighted by Crippen LogP contribution is -2.26. The number of fused-ring (bicyclic) bond motifs is 3. The fraction of sp³-hybridized carbons (Fsp3) is 0.448. The molecule has 0 unspecified atom stereocenters. The molecule has 12 heteroatoms. The van der Waals surface area contributed by atoms with E-state index in [4.69, 9.17) is 19.3 Å². The van der Waals surface area contributed by atoms with Gasteiger partial charge in [0.05, 0.1) is 38.2 Å². The van der Waals surface area contributed by atoms with E-state index < -0.39 is 11.9 Å². The number of thioether (sulfide) groups is 1. The lowest BCUT2D eigenvalue weighted by molar-refractivity contribution is -0.138. The van der Waals surface area contributed by atoms with Crippen molar-refractivity contribution < 1.29 is 33.7 Å². The van der Waals surface area contributed by atoms with E-state index in [0.29, 0.717) is 29.1 Å². The second-order valence-corrected chi connectivity index (χ2v) is 10.7. The predicted octanol–water partition coefficient (Wildman–Crippen LogP) is 2.68. The molecule has 1 aliphatic rings. The average molecular weight is 590 g/mol. The standard InChI is InChI=1S/C25H30N2O6S.C4H9NO2/c1-14(28)26-18-9-7-15-11-20(33-22(30)13-27(2)3)24(31-4)25(32-5)23(15)16-8-10-21(34-6)19(29)12-17(16)18;1-5(2)3-4(6)7/h8,10-12,18H,7,9,13H2,1-6H3,(H,26,28);3H2,1-2H3,(H,6,7)/t18-;/m0./s1. The molecule has 2 aromatic carbocycles. The van der Waals surface area contributed by atoms with Crippen molar-refractivity contribution in [1.82, 2.24) is 15.1 Å². The number of amides is 1. The zero-order valence-corrected chi connectivity index (χ0v) is 25.6. The van der Waals surface area contributed by atoms with Crippen LogP contribution in [0.3, 0.4) is 0 Å². The van der Waals surface area contributed by atoms with Crippen LogP contribution in [0.25, 0.3) is 11.1 Å². The van der Waals surface area contributed by atoms with Crippen molar-refractivity contribution >= 4 is 29.6 Å². The molecule has 0 spiro atoms. The van der Waals surface area contributed by atoms with Gasteiger partial charge in [0.25, 0.3) is 0 Å². The van der Waals surface area contributed by atoms with Gasteiger partial charge >= 0.3 is 11.9 Å². The Morgan fingerprint density at radius 3 is 2.15 bits per heavy atom. The number of aliphatic carboxylic acids is 1. The smallest absolute Gasteiger partial charge is 0.325 e. The molecule has 41 heavy (non-hydrogen) atoms. The van der Waals surface area contributed by atoms with E-state index in [1.807, 2.05) is 12.3 Å². The molecular weight excluding hydrogens is 550 g/mol. The zero-order valence-electron chi connectivity index (χ0n) is 24.8. The Morgan fingerprint density at radius 2 is 1.66 bits per heavy atom. The number of benzene rings is 1. The first-order valence-electron chi connectivity index (χ1n) is 12.8. The Labute approximate surface area is 244 Å². The van der Waals surface area contributed by atoms with Gasteiger partial charge in [-0.05, 0) is 82.2 Å². The molecule has 1 aliphatic carbocycles. The number of carbonyl (C=O) groups is 3. The number of nitrogens with zero attached hydrogens (tertiary/aromatic N) is 2. The zero-order chi connectivity index (χ0) is 30.9. The third kappa shape index (κ3) is 9.20. The molecule has 0 aromatic heterocycles. The summed E-state index contributed by atoms with van der Waals surface area (Å²) in [5, 5.41) is 11.0. The van der Waals surface area contributed by atoms with Gasteiger partial charge in [-0.3, -0.25) is 29.0 Å². The molecule has 0 saturated carbocycles. The van der Waals surface area contributed by atoms with Crippen LogP contribution in [0.2, 0.25) is 0 Å². The molecule has 1 atom stereocenters. The summed E-state index contributed by atoms with van der Waals surface area (Å²) in [5.41, 5.74) is 2.95. The summed E-state index contributed by atoms with van der Waals surface area (Å²) in [6.45, 7) is 1.67. The molecule has 2 aromatic rings. The van der Waals surface area contributed by atoms with Gasteiger partial charge in [-0.2, -0.15) is 0 Å². The SMILES string of the molecule is CN(C)CC(=O)O.COc1c(OC(=O)CN(C)C)cc2c(c1OC)-c1ccc(SC)c(=O)cc1[C@@H](NC(C)=O)CC2. The number of rotatable bonds is 9. The highest BCUT2D eigenvalue weighted by Crippen LogP contribution is 2.50. The summed E-state index contributed by atoms with van der Waals surface area (Å²) in [5.74, 6) is -0.446. The molecule has 0 heterocycles. The maximum atomic E-state index is 12.9. The minimum atomic E-state index is -0.787. The molecule has 0 aliphatic heterocycles. The van der Waals surface area contributed by atoms with Crippen molar-refractivity contribution in [3.05, 3.63) is 45.6 Å². The van der Waals surface area contributed by atoms with E-state index in [9.17, 15) is 19.2 Å². The Balaban J connectivity index is 0.000000745. The molecular formula is C29H39N3O8S. The largest absolute Gasteiger partial charge is 0.492 e. The van der Waals surface area contributed by atoms with Gasteiger partial charge in [0.15, 0.2) is 16.9 Å². The lowest BCUT2D eigenvalue weighted by atomic mass is 9.95. The first kappa shape index (κ1) is 33.6. The van der Waals surface area contributed by atoms with Crippen molar-refractivity contribution in [3.8, 4) is 28.4 Å². The van der Waals surface area contributed by atoms with E-state index in [2.05, 4.69) is 5.32 Å². The van der Waals surface area contributed by atoms with Gasteiger partial charge in [-0.1, -0.05) is 6.07 Å². The van der Waals surface area contributed by atoms with Crippen LogP contribution >= 0.6 is 11.8 Å². The van der Waals surface area contributed by atoms with E-state index in [1.54, 1.807) is 56.2 Å². The number of aryl methyl sites for hydroxylation is 1. The maximum absolute atomic E-state index is 12.9. The molecule has 3 rings (SSSR count). The predicted molar refractivity (Wildman–Crippen MR) is 158 cm³/mol. The summed E-state index contributed by atoms with van der Waals surface area (Å²) in [4.78, 5) is 50.9. The van der Waals surface area contributed by atoms with E-state index in [1.165, 1.54) is 32.9 Å². The number of carbonyl (C=O) groups excluding carboxylic acids is 2. The molecule has 0 fully saturated rings. The normalized spacial score (nSPS) is 13.7. The van der Waals surface area contributed by atoms with Gasteiger partial charge in [0, 0.05) is 12.5 Å². The van der Waals surface area contributed by atoms with Crippen molar-refractivity contribution in [2.75, 3.05) is 61.8 Å². The molecule has 1 amide bonds. The van der Waals surface area contributed by atoms with Crippen LogP contribution in [0, 0.1) is 0 Å². The van der Waals surface area contributed by atoms with Crippen LogP contribution in [-0.4, -0.2) is 94.5 Å². The van der Waals surface area contributed by atoms with Crippen molar-refractivity contribution in [3.63, 3.8) is 0 Å². The molecule has 0 radical (unpaired) electrons.